The van der Waals surface area contributed by atoms with Gasteiger partial charge in [-0.15, -0.1) is 0 Å². The van der Waals surface area contributed by atoms with Gasteiger partial charge in [0.2, 0.25) is 5.91 Å². The first-order valence-corrected chi connectivity index (χ1v) is 7.11. The molecule has 100 valence electrons. The quantitative estimate of drug-likeness (QED) is 0.845. The monoisotopic (exact) mass is 312 g/mol. The minimum Gasteiger partial charge on any atom is -0.324 e. The molecular weight excluding hydrogens is 292 g/mol. The number of anilines is 1. The molecule has 0 bridgehead atoms. The van der Waals surface area contributed by atoms with E-state index in [-0.39, 0.29) is 5.91 Å². The molecule has 0 aromatic heterocycles. The highest BCUT2D eigenvalue weighted by Gasteiger charge is 2.12. The second-order valence-corrected chi connectivity index (χ2v) is 5.52. The molecule has 18 heavy (non-hydrogen) atoms. The predicted molar refractivity (Wildman–Crippen MR) is 79.7 cm³/mol. The second kappa shape index (κ2) is 7.54. The largest absolute Gasteiger partial charge is 0.324 e. The van der Waals surface area contributed by atoms with Gasteiger partial charge in [-0.05, 0) is 40.4 Å². The van der Waals surface area contributed by atoms with E-state index in [2.05, 4.69) is 47.3 Å². The van der Waals surface area contributed by atoms with Crippen molar-refractivity contribution in [3.63, 3.8) is 0 Å². The number of hydrogen-bond donors (Lipinski definition) is 2. The van der Waals surface area contributed by atoms with E-state index < -0.39 is 0 Å². The summed E-state index contributed by atoms with van der Waals surface area (Å²) < 4.78 is 0.897. The van der Waals surface area contributed by atoms with E-state index in [0.717, 1.165) is 16.6 Å². The number of rotatable bonds is 6. The average molecular weight is 313 g/mol. The molecule has 4 heteroatoms. The van der Waals surface area contributed by atoms with Gasteiger partial charge in [-0.1, -0.05) is 32.9 Å². The smallest absolute Gasteiger partial charge is 0.238 e. The molecule has 0 fully saturated rings. The molecule has 1 atom stereocenters. The first kappa shape index (κ1) is 15.2. The van der Waals surface area contributed by atoms with Gasteiger partial charge in [0, 0.05) is 10.5 Å². The van der Waals surface area contributed by atoms with Gasteiger partial charge < -0.3 is 10.6 Å². The Morgan fingerprint density at radius 3 is 2.56 bits per heavy atom. The zero-order valence-corrected chi connectivity index (χ0v) is 12.8. The standard InChI is InChI=1S/C14H21BrN2O/c1-4-12(10(2)3)16-9-14(18)17-13-8-6-5-7-11(13)15/h5-8,10,12,16H,4,9H2,1-3H3,(H,17,18). The van der Waals surface area contributed by atoms with E-state index in [1.165, 1.54) is 0 Å². The van der Waals surface area contributed by atoms with Crippen molar-refractivity contribution in [2.45, 2.75) is 33.2 Å². The zero-order valence-electron chi connectivity index (χ0n) is 11.2. The summed E-state index contributed by atoms with van der Waals surface area (Å²) >= 11 is 3.41. The number of benzene rings is 1. The van der Waals surface area contributed by atoms with Crippen LogP contribution in [0.25, 0.3) is 0 Å². The van der Waals surface area contributed by atoms with E-state index in [4.69, 9.17) is 0 Å². The highest BCUT2D eigenvalue weighted by atomic mass is 79.9. The minimum absolute atomic E-state index is 0.0130. The van der Waals surface area contributed by atoms with E-state index in [1.54, 1.807) is 0 Å². The molecular formula is C14H21BrN2O. The Bertz CT molecular complexity index is 393. The first-order chi connectivity index (χ1) is 8.54. The van der Waals surface area contributed by atoms with Crippen LogP contribution in [0.15, 0.2) is 28.7 Å². The van der Waals surface area contributed by atoms with Crippen LogP contribution in [0.1, 0.15) is 27.2 Å². The van der Waals surface area contributed by atoms with Gasteiger partial charge in [0.25, 0.3) is 0 Å². The van der Waals surface area contributed by atoms with Crippen molar-refractivity contribution in [2.75, 3.05) is 11.9 Å². The molecule has 1 unspecified atom stereocenters. The number of carbonyl (C=O) groups is 1. The Labute approximate surface area is 117 Å². The minimum atomic E-state index is -0.0130. The maximum Gasteiger partial charge on any atom is 0.238 e. The van der Waals surface area contributed by atoms with Crippen LogP contribution in [0.2, 0.25) is 0 Å². The van der Waals surface area contributed by atoms with E-state index >= 15 is 0 Å². The molecule has 0 aliphatic heterocycles. The first-order valence-electron chi connectivity index (χ1n) is 6.32. The van der Waals surface area contributed by atoms with Crippen molar-refractivity contribution >= 4 is 27.5 Å². The maximum absolute atomic E-state index is 11.8. The lowest BCUT2D eigenvalue weighted by atomic mass is 10.0. The van der Waals surface area contributed by atoms with Gasteiger partial charge in [0.1, 0.15) is 0 Å². The molecule has 0 aliphatic carbocycles. The van der Waals surface area contributed by atoms with E-state index in [9.17, 15) is 4.79 Å². The van der Waals surface area contributed by atoms with Crippen LogP contribution in [0.5, 0.6) is 0 Å². The number of hydrogen-bond acceptors (Lipinski definition) is 2. The fourth-order valence-electron chi connectivity index (χ4n) is 1.83. The fourth-order valence-corrected chi connectivity index (χ4v) is 2.22. The molecule has 1 aromatic carbocycles. The van der Waals surface area contributed by atoms with Crippen LogP contribution >= 0.6 is 15.9 Å². The zero-order chi connectivity index (χ0) is 13.5. The predicted octanol–water partition coefficient (Wildman–Crippen LogP) is 3.41. The summed E-state index contributed by atoms with van der Waals surface area (Å²) in [5, 5.41) is 6.16. The van der Waals surface area contributed by atoms with Crippen LogP contribution in [-0.4, -0.2) is 18.5 Å². The molecule has 0 spiro atoms. The van der Waals surface area contributed by atoms with Crippen molar-refractivity contribution in [1.29, 1.82) is 0 Å². The second-order valence-electron chi connectivity index (χ2n) is 4.67. The molecule has 1 rings (SSSR count). The highest BCUT2D eigenvalue weighted by Crippen LogP contribution is 2.20. The highest BCUT2D eigenvalue weighted by molar-refractivity contribution is 9.10. The summed E-state index contributed by atoms with van der Waals surface area (Å²) in [4.78, 5) is 11.8. The summed E-state index contributed by atoms with van der Waals surface area (Å²) in [7, 11) is 0. The molecule has 0 saturated carbocycles. The molecule has 3 nitrogen and oxygen atoms in total. The van der Waals surface area contributed by atoms with Crippen LogP contribution in [0.4, 0.5) is 5.69 Å². The maximum atomic E-state index is 11.8. The van der Waals surface area contributed by atoms with E-state index in [0.29, 0.717) is 18.5 Å². The molecule has 2 N–H and O–H groups in total. The molecule has 0 saturated heterocycles. The van der Waals surface area contributed by atoms with Crippen molar-refractivity contribution in [1.82, 2.24) is 5.32 Å². The third kappa shape index (κ3) is 4.78. The lowest BCUT2D eigenvalue weighted by molar-refractivity contribution is -0.115. The van der Waals surface area contributed by atoms with Crippen molar-refractivity contribution in [3.05, 3.63) is 28.7 Å². The lowest BCUT2D eigenvalue weighted by Crippen LogP contribution is -2.38. The van der Waals surface area contributed by atoms with Gasteiger partial charge >= 0.3 is 0 Å². The molecule has 1 amide bonds. The summed E-state index contributed by atoms with van der Waals surface area (Å²) in [6.07, 6.45) is 1.03. The Morgan fingerprint density at radius 2 is 2.00 bits per heavy atom. The summed E-state index contributed by atoms with van der Waals surface area (Å²) in [5.74, 6) is 0.521. The normalized spacial score (nSPS) is 12.5. The third-order valence-electron chi connectivity index (χ3n) is 2.92. The Balaban J connectivity index is 2.45. The summed E-state index contributed by atoms with van der Waals surface area (Å²) in [5.41, 5.74) is 0.807. The van der Waals surface area contributed by atoms with Crippen molar-refractivity contribution in [3.8, 4) is 0 Å². The number of halogens is 1. The van der Waals surface area contributed by atoms with Crippen LogP contribution < -0.4 is 10.6 Å². The summed E-state index contributed by atoms with van der Waals surface area (Å²) in [6.45, 7) is 6.79. The van der Waals surface area contributed by atoms with Gasteiger partial charge in [0.15, 0.2) is 0 Å². The average Bonchev–Trinajstić information content (AvgIpc) is 2.32. The fraction of sp³-hybridized carbons (Fsp3) is 0.500. The third-order valence-corrected chi connectivity index (χ3v) is 3.61. The SMILES string of the molecule is CCC(NCC(=O)Nc1ccccc1Br)C(C)C. The molecule has 0 aliphatic rings. The van der Waals surface area contributed by atoms with Gasteiger partial charge in [-0.3, -0.25) is 4.79 Å². The van der Waals surface area contributed by atoms with Gasteiger partial charge in [-0.25, -0.2) is 0 Å². The van der Waals surface area contributed by atoms with Crippen LogP contribution in [0, 0.1) is 5.92 Å². The number of carbonyl (C=O) groups excluding carboxylic acids is 1. The molecule has 0 heterocycles. The number of amides is 1. The summed E-state index contributed by atoms with van der Waals surface area (Å²) in [6, 6.07) is 7.99. The Hall–Kier alpha value is -0.870. The Morgan fingerprint density at radius 1 is 1.33 bits per heavy atom. The molecule has 1 aromatic rings. The van der Waals surface area contributed by atoms with Crippen molar-refractivity contribution in [2.24, 2.45) is 5.92 Å². The van der Waals surface area contributed by atoms with Gasteiger partial charge in [0.05, 0.1) is 12.2 Å². The van der Waals surface area contributed by atoms with Crippen molar-refractivity contribution < 1.29 is 4.79 Å². The number of para-hydroxylation sites is 1. The van der Waals surface area contributed by atoms with Gasteiger partial charge in [-0.2, -0.15) is 0 Å². The van der Waals surface area contributed by atoms with Crippen LogP contribution in [-0.2, 0) is 4.79 Å². The topological polar surface area (TPSA) is 41.1 Å². The van der Waals surface area contributed by atoms with E-state index in [1.807, 2.05) is 24.3 Å². The van der Waals surface area contributed by atoms with Crippen LogP contribution in [0.3, 0.4) is 0 Å². The lowest BCUT2D eigenvalue weighted by Gasteiger charge is -2.20. The molecule has 0 radical (unpaired) electrons. The number of nitrogens with one attached hydrogen (secondary N) is 2. The Kier molecular flexibility index (Phi) is 6.36.